The van der Waals surface area contributed by atoms with Gasteiger partial charge >= 0.3 is 5.97 Å². The number of esters is 1. The minimum Gasteiger partial charge on any atom is -0.466 e. The van der Waals surface area contributed by atoms with Crippen LogP contribution in [0.25, 0.3) is 0 Å². The quantitative estimate of drug-likeness (QED) is 0.648. The fraction of sp³-hybridized carbons (Fsp3) is 0.857. The molecule has 0 aromatic carbocycles. The van der Waals surface area contributed by atoms with E-state index in [-0.39, 0.29) is 30.8 Å². The summed E-state index contributed by atoms with van der Waals surface area (Å²) >= 11 is 0. The predicted molar refractivity (Wildman–Crippen MR) is 73.6 cm³/mol. The number of rotatable bonds is 9. The first-order valence-electron chi connectivity index (χ1n) is 7.08. The molecule has 0 aliphatic heterocycles. The summed E-state index contributed by atoms with van der Waals surface area (Å²) in [5.74, 6) is -0.341. The van der Waals surface area contributed by atoms with Crippen LogP contribution in [-0.4, -0.2) is 47.7 Å². The van der Waals surface area contributed by atoms with Crippen molar-refractivity contribution in [3.05, 3.63) is 0 Å². The second-order valence-corrected chi connectivity index (χ2v) is 4.70. The lowest BCUT2D eigenvalue weighted by atomic mass is 10.0. The first-order valence-corrected chi connectivity index (χ1v) is 7.08. The van der Waals surface area contributed by atoms with Gasteiger partial charge in [-0.05, 0) is 26.7 Å². The molecule has 0 rings (SSSR count). The van der Waals surface area contributed by atoms with Crippen LogP contribution in [0.4, 0.5) is 0 Å². The second-order valence-electron chi connectivity index (χ2n) is 4.70. The van der Waals surface area contributed by atoms with Crippen LogP contribution in [0.1, 0.15) is 47.0 Å². The van der Waals surface area contributed by atoms with Crippen LogP contribution >= 0.6 is 0 Å². The number of aliphatic hydroxyl groups excluding tert-OH is 1. The van der Waals surface area contributed by atoms with Crippen molar-refractivity contribution in [1.82, 2.24) is 4.90 Å². The Morgan fingerprint density at radius 3 is 2.21 bits per heavy atom. The molecule has 112 valence electrons. The third kappa shape index (κ3) is 7.15. The summed E-state index contributed by atoms with van der Waals surface area (Å²) in [5.41, 5.74) is 0. The Balaban J connectivity index is 4.53. The molecule has 0 radical (unpaired) electrons. The van der Waals surface area contributed by atoms with Gasteiger partial charge in [0, 0.05) is 19.0 Å². The molecule has 0 saturated heterocycles. The summed E-state index contributed by atoms with van der Waals surface area (Å²) < 4.78 is 4.85. The van der Waals surface area contributed by atoms with Gasteiger partial charge in [-0.3, -0.25) is 9.59 Å². The lowest BCUT2D eigenvalue weighted by molar-refractivity contribution is -0.145. The monoisotopic (exact) mass is 273 g/mol. The number of carbonyl (C=O) groups excluding carboxylic acids is 2. The maximum atomic E-state index is 12.3. The first-order chi connectivity index (χ1) is 8.96. The summed E-state index contributed by atoms with van der Waals surface area (Å²) in [6.45, 7) is 8.23. The van der Waals surface area contributed by atoms with E-state index in [1.165, 1.54) is 0 Å². The molecule has 0 saturated carbocycles. The molecule has 1 amide bonds. The molecule has 1 unspecified atom stereocenters. The van der Waals surface area contributed by atoms with Crippen molar-refractivity contribution in [3.8, 4) is 0 Å². The highest BCUT2D eigenvalue weighted by molar-refractivity contribution is 5.79. The van der Waals surface area contributed by atoms with Gasteiger partial charge in [0.1, 0.15) is 0 Å². The topological polar surface area (TPSA) is 66.8 Å². The van der Waals surface area contributed by atoms with Gasteiger partial charge in [0.05, 0.1) is 19.1 Å². The van der Waals surface area contributed by atoms with Crippen LogP contribution in [0.15, 0.2) is 0 Å². The molecule has 0 spiro atoms. The Hall–Kier alpha value is -1.10. The van der Waals surface area contributed by atoms with E-state index in [1.54, 1.807) is 18.7 Å². The van der Waals surface area contributed by atoms with E-state index in [2.05, 4.69) is 0 Å². The Morgan fingerprint density at radius 2 is 1.79 bits per heavy atom. The standard InChI is InChI=1S/C14H27NO4/c1-5-12(6-2)14(18)15(10-11(4)16)9-8-13(17)19-7-3/h11-12,16H,5-10H2,1-4H3. The number of hydrogen-bond donors (Lipinski definition) is 1. The third-order valence-electron chi connectivity index (χ3n) is 3.02. The third-order valence-corrected chi connectivity index (χ3v) is 3.02. The Kier molecular flexibility index (Phi) is 9.21. The Morgan fingerprint density at radius 1 is 1.21 bits per heavy atom. The van der Waals surface area contributed by atoms with E-state index in [4.69, 9.17) is 4.74 Å². The number of ether oxygens (including phenoxy) is 1. The number of aliphatic hydroxyl groups is 1. The molecule has 0 aromatic rings. The van der Waals surface area contributed by atoms with E-state index in [1.807, 2.05) is 13.8 Å². The first kappa shape index (κ1) is 17.9. The lowest BCUT2D eigenvalue weighted by Gasteiger charge is -2.27. The molecule has 0 aliphatic rings. The summed E-state index contributed by atoms with van der Waals surface area (Å²) in [5, 5.41) is 9.46. The zero-order valence-electron chi connectivity index (χ0n) is 12.5. The summed E-state index contributed by atoms with van der Waals surface area (Å²) in [6.07, 6.45) is 1.11. The fourth-order valence-electron chi connectivity index (χ4n) is 1.97. The smallest absolute Gasteiger partial charge is 0.307 e. The van der Waals surface area contributed by atoms with Crippen molar-refractivity contribution < 1.29 is 19.4 Å². The summed E-state index contributed by atoms with van der Waals surface area (Å²) in [6, 6.07) is 0. The molecule has 5 nitrogen and oxygen atoms in total. The molecule has 1 atom stereocenters. The van der Waals surface area contributed by atoms with Gasteiger partial charge < -0.3 is 14.7 Å². The highest BCUT2D eigenvalue weighted by atomic mass is 16.5. The lowest BCUT2D eigenvalue weighted by Crippen LogP contribution is -2.41. The molecule has 0 bridgehead atoms. The second kappa shape index (κ2) is 9.78. The molecule has 0 heterocycles. The van der Waals surface area contributed by atoms with Crippen LogP contribution in [0.2, 0.25) is 0 Å². The van der Waals surface area contributed by atoms with Crippen molar-refractivity contribution >= 4 is 11.9 Å². The Labute approximate surface area is 115 Å². The van der Waals surface area contributed by atoms with Crippen molar-refractivity contribution in [2.45, 2.75) is 53.1 Å². The van der Waals surface area contributed by atoms with E-state index >= 15 is 0 Å². The van der Waals surface area contributed by atoms with E-state index in [9.17, 15) is 14.7 Å². The molecular formula is C14H27NO4. The van der Waals surface area contributed by atoms with Gasteiger partial charge in [-0.15, -0.1) is 0 Å². The molecule has 5 heteroatoms. The van der Waals surface area contributed by atoms with Gasteiger partial charge in [-0.25, -0.2) is 0 Å². The minimum absolute atomic E-state index is 0.00944. The maximum absolute atomic E-state index is 12.3. The SMILES string of the molecule is CCOC(=O)CCN(CC(C)O)C(=O)C(CC)CC. The molecule has 1 N–H and O–H groups in total. The number of amides is 1. The van der Waals surface area contributed by atoms with Crippen LogP contribution in [0, 0.1) is 5.92 Å². The number of nitrogens with zero attached hydrogens (tertiary/aromatic N) is 1. The highest BCUT2D eigenvalue weighted by Gasteiger charge is 2.23. The van der Waals surface area contributed by atoms with Crippen LogP contribution in [-0.2, 0) is 14.3 Å². The van der Waals surface area contributed by atoms with Crippen LogP contribution in [0.3, 0.4) is 0 Å². The average molecular weight is 273 g/mol. The van der Waals surface area contributed by atoms with E-state index in [0.717, 1.165) is 12.8 Å². The maximum Gasteiger partial charge on any atom is 0.307 e. The summed E-state index contributed by atoms with van der Waals surface area (Å²) in [4.78, 5) is 25.2. The zero-order chi connectivity index (χ0) is 14.8. The van der Waals surface area contributed by atoms with Gasteiger partial charge in [0.15, 0.2) is 0 Å². The van der Waals surface area contributed by atoms with E-state index < -0.39 is 6.10 Å². The molecular weight excluding hydrogens is 246 g/mol. The molecule has 0 aromatic heterocycles. The molecule has 0 fully saturated rings. The Bertz CT molecular complexity index is 275. The number of hydrogen-bond acceptors (Lipinski definition) is 4. The molecule has 19 heavy (non-hydrogen) atoms. The zero-order valence-corrected chi connectivity index (χ0v) is 12.5. The van der Waals surface area contributed by atoms with Gasteiger partial charge in [0.2, 0.25) is 5.91 Å². The van der Waals surface area contributed by atoms with Gasteiger partial charge in [-0.2, -0.15) is 0 Å². The summed E-state index contributed by atoms with van der Waals surface area (Å²) in [7, 11) is 0. The van der Waals surface area contributed by atoms with Crippen molar-refractivity contribution in [1.29, 1.82) is 0 Å². The predicted octanol–water partition coefficient (Wildman–Crippen LogP) is 1.59. The molecule has 0 aliphatic carbocycles. The minimum atomic E-state index is -0.597. The number of carbonyl (C=O) groups is 2. The van der Waals surface area contributed by atoms with E-state index in [0.29, 0.717) is 13.2 Å². The largest absolute Gasteiger partial charge is 0.466 e. The van der Waals surface area contributed by atoms with Gasteiger partial charge in [-0.1, -0.05) is 13.8 Å². The van der Waals surface area contributed by atoms with Crippen molar-refractivity contribution in [3.63, 3.8) is 0 Å². The van der Waals surface area contributed by atoms with Crippen LogP contribution < -0.4 is 0 Å². The van der Waals surface area contributed by atoms with Crippen LogP contribution in [0.5, 0.6) is 0 Å². The van der Waals surface area contributed by atoms with Gasteiger partial charge in [0.25, 0.3) is 0 Å². The fourth-order valence-corrected chi connectivity index (χ4v) is 1.97. The van der Waals surface area contributed by atoms with Crippen molar-refractivity contribution in [2.24, 2.45) is 5.92 Å². The average Bonchev–Trinajstić information content (AvgIpc) is 2.35. The normalized spacial score (nSPS) is 12.3. The van der Waals surface area contributed by atoms with Crippen molar-refractivity contribution in [2.75, 3.05) is 19.7 Å². The highest BCUT2D eigenvalue weighted by Crippen LogP contribution is 2.13.